The number of pyridine rings is 1. The summed E-state index contributed by atoms with van der Waals surface area (Å²) >= 11 is 6.21. The molecule has 2 heterocycles. The van der Waals surface area contributed by atoms with Crippen LogP contribution in [-0.4, -0.2) is 36.3 Å². The largest absolute Gasteiger partial charge is 0.497 e. The Kier molecular flexibility index (Phi) is 5.93. The number of anilines is 1. The lowest BCUT2D eigenvalue weighted by molar-refractivity contribution is 0.331. The number of methoxy groups -OCH3 is 1. The van der Waals surface area contributed by atoms with Crippen molar-refractivity contribution < 1.29 is 4.74 Å². The van der Waals surface area contributed by atoms with E-state index in [0.29, 0.717) is 5.02 Å². The molecule has 0 radical (unpaired) electrons. The second kappa shape index (κ2) is 9.15. The first-order valence-corrected chi connectivity index (χ1v) is 11.2. The molecule has 1 fully saturated rings. The third kappa shape index (κ3) is 4.40. The molecule has 162 valence electrons. The van der Waals surface area contributed by atoms with Gasteiger partial charge in [0.25, 0.3) is 0 Å². The van der Waals surface area contributed by atoms with Gasteiger partial charge in [-0.1, -0.05) is 35.9 Å². The van der Waals surface area contributed by atoms with Crippen LogP contribution < -0.4 is 10.2 Å². The Morgan fingerprint density at radius 2 is 1.81 bits per heavy atom. The van der Waals surface area contributed by atoms with Crippen LogP contribution in [0.1, 0.15) is 24.0 Å². The second-order valence-electron chi connectivity index (χ2n) is 8.13. The van der Waals surface area contributed by atoms with Gasteiger partial charge in [0.15, 0.2) is 0 Å². The lowest BCUT2D eigenvalue weighted by Crippen LogP contribution is -2.18. The minimum Gasteiger partial charge on any atom is -0.497 e. The second-order valence-corrected chi connectivity index (χ2v) is 8.56. The van der Waals surface area contributed by atoms with Crippen LogP contribution in [0.15, 0.2) is 65.8 Å². The van der Waals surface area contributed by atoms with Crippen molar-refractivity contribution in [2.45, 2.75) is 19.4 Å². The molecule has 1 aromatic heterocycles. The summed E-state index contributed by atoms with van der Waals surface area (Å²) in [4.78, 5) is 7.26. The zero-order valence-electron chi connectivity index (χ0n) is 18.0. The Morgan fingerprint density at radius 3 is 2.59 bits per heavy atom. The van der Waals surface area contributed by atoms with Crippen LogP contribution in [0.5, 0.6) is 5.75 Å². The van der Waals surface area contributed by atoms with Crippen LogP contribution in [0.25, 0.3) is 21.8 Å². The molecule has 1 aliphatic rings. The number of ether oxygens (including phenoxy) is 1. The van der Waals surface area contributed by atoms with Gasteiger partial charge < -0.3 is 4.74 Å². The molecule has 0 bridgehead atoms. The van der Waals surface area contributed by atoms with E-state index < -0.39 is 0 Å². The summed E-state index contributed by atoms with van der Waals surface area (Å²) < 4.78 is 5.42. The monoisotopic (exact) mass is 444 g/mol. The van der Waals surface area contributed by atoms with E-state index in [0.717, 1.165) is 45.4 Å². The van der Waals surface area contributed by atoms with E-state index in [1.54, 1.807) is 7.11 Å². The highest BCUT2D eigenvalue weighted by Gasteiger charge is 2.12. The summed E-state index contributed by atoms with van der Waals surface area (Å²) in [5, 5.41) is 7.08. The summed E-state index contributed by atoms with van der Waals surface area (Å²) in [7, 11) is 1.66. The van der Waals surface area contributed by atoms with E-state index in [9.17, 15) is 0 Å². The van der Waals surface area contributed by atoms with Gasteiger partial charge in [0, 0.05) is 22.3 Å². The fourth-order valence-corrected chi connectivity index (χ4v) is 4.39. The highest BCUT2D eigenvalue weighted by atomic mass is 35.5. The van der Waals surface area contributed by atoms with E-state index >= 15 is 0 Å². The third-order valence-corrected chi connectivity index (χ3v) is 6.15. The van der Waals surface area contributed by atoms with Gasteiger partial charge in [-0.2, -0.15) is 5.10 Å². The Bertz CT molecular complexity index is 1280. The van der Waals surface area contributed by atoms with Crippen molar-refractivity contribution in [3.8, 4) is 5.75 Å². The summed E-state index contributed by atoms with van der Waals surface area (Å²) in [6.07, 6.45) is 4.47. The average Bonchev–Trinajstić information content (AvgIpc) is 3.32. The standard InChI is InChI=1S/C26H25ClN4O/c1-32-21-9-11-24-23(15-21)26(22-10-8-20(27)14-25(22)29-24)30-28-16-18-4-6-19(7-5-18)17-31-12-2-3-13-31/h4-11,14-16H,2-3,12-13,17H2,1H3,(H,29,30). The molecule has 32 heavy (non-hydrogen) atoms. The minimum absolute atomic E-state index is 0.654. The number of fused-ring (bicyclic) bond motifs is 2. The van der Waals surface area contributed by atoms with E-state index in [1.807, 2.05) is 42.6 Å². The van der Waals surface area contributed by atoms with Crippen LogP contribution in [0, 0.1) is 0 Å². The van der Waals surface area contributed by atoms with Crippen LogP contribution in [0.3, 0.4) is 0 Å². The topological polar surface area (TPSA) is 49.8 Å². The molecular formula is C26H25ClN4O. The number of halogens is 1. The molecular weight excluding hydrogens is 420 g/mol. The zero-order chi connectivity index (χ0) is 21.9. The first-order valence-electron chi connectivity index (χ1n) is 10.9. The number of nitrogens with zero attached hydrogens (tertiary/aromatic N) is 3. The highest BCUT2D eigenvalue weighted by molar-refractivity contribution is 6.31. The predicted molar refractivity (Wildman–Crippen MR) is 133 cm³/mol. The normalized spacial score (nSPS) is 14.6. The number of hydrogen-bond acceptors (Lipinski definition) is 5. The van der Waals surface area contributed by atoms with Gasteiger partial charge in [0.2, 0.25) is 0 Å². The summed E-state index contributed by atoms with van der Waals surface area (Å²) in [6.45, 7) is 3.43. The van der Waals surface area contributed by atoms with Crippen LogP contribution in [0.4, 0.5) is 5.69 Å². The first-order chi connectivity index (χ1) is 15.7. The molecule has 6 heteroatoms. The van der Waals surface area contributed by atoms with Gasteiger partial charge in [-0.3, -0.25) is 10.3 Å². The summed E-state index contributed by atoms with van der Waals surface area (Å²) in [5.41, 5.74) is 8.18. The Balaban J connectivity index is 1.42. The van der Waals surface area contributed by atoms with E-state index in [-0.39, 0.29) is 0 Å². The maximum Gasteiger partial charge on any atom is 0.119 e. The number of aromatic nitrogens is 1. The number of hydrazone groups is 1. The zero-order valence-corrected chi connectivity index (χ0v) is 18.8. The van der Waals surface area contributed by atoms with E-state index in [4.69, 9.17) is 21.3 Å². The lowest BCUT2D eigenvalue weighted by Gasteiger charge is -2.14. The van der Waals surface area contributed by atoms with Gasteiger partial charge >= 0.3 is 0 Å². The number of rotatable bonds is 6. The number of benzene rings is 3. The average molecular weight is 445 g/mol. The highest BCUT2D eigenvalue weighted by Crippen LogP contribution is 2.34. The Hall–Kier alpha value is -3.15. The molecule has 1 N–H and O–H groups in total. The number of nitrogens with one attached hydrogen (secondary N) is 1. The van der Waals surface area contributed by atoms with Crippen LogP contribution in [0.2, 0.25) is 5.02 Å². The minimum atomic E-state index is 0.654. The van der Waals surface area contributed by atoms with Gasteiger partial charge in [0.05, 0.1) is 30.0 Å². The van der Waals surface area contributed by atoms with E-state index in [1.165, 1.54) is 31.5 Å². The molecule has 5 rings (SSSR count). The van der Waals surface area contributed by atoms with Crippen molar-refractivity contribution in [3.63, 3.8) is 0 Å². The molecule has 4 aromatic rings. The SMILES string of the molecule is COc1ccc2nc3cc(Cl)ccc3c(NN=Cc3ccc(CN4CCCC4)cc3)c2c1. The predicted octanol–water partition coefficient (Wildman–Crippen LogP) is 6.09. The summed E-state index contributed by atoms with van der Waals surface area (Å²) in [6, 6.07) is 20.1. The van der Waals surface area contributed by atoms with Crippen molar-refractivity contribution in [3.05, 3.63) is 76.8 Å². The molecule has 5 nitrogen and oxygen atoms in total. The number of likely N-dealkylation sites (tertiary alicyclic amines) is 1. The number of hydrogen-bond donors (Lipinski definition) is 1. The molecule has 0 atom stereocenters. The van der Waals surface area contributed by atoms with Gasteiger partial charge in [0.1, 0.15) is 5.75 Å². The van der Waals surface area contributed by atoms with Crippen molar-refractivity contribution >= 4 is 45.3 Å². The molecule has 0 spiro atoms. The van der Waals surface area contributed by atoms with Gasteiger partial charge in [-0.25, -0.2) is 4.98 Å². The Morgan fingerprint density at radius 1 is 1.00 bits per heavy atom. The third-order valence-electron chi connectivity index (χ3n) is 5.92. The maximum atomic E-state index is 6.21. The van der Waals surface area contributed by atoms with Gasteiger partial charge in [-0.05, 0) is 73.5 Å². The van der Waals surface area contributed by atoms with Crippen molar-refractivity contribution in [1.82, 2.24) is 9.88 Å². The molecule has 0 aliphatic carbocycles. The Labute approximate surface area is 192 Å². The molecule has 0 amide bonds. The molecule has 1 aliphatic heterocycles. The quantitative estimate of drug-likeness (QED) is 0.222. The molecule has 1 saturated heterocycles. The smallest absolute Gasteiger partial charge is 0.119 e. The fourth-order valence-electron chi connectivity index (χ4n) is 4.22. The first kappa shape index (κ1) is 20.7. The van der Waals surface area contributed by atoms with Crippen molar-refractivity contribution in [2.24, 2.45) is 5.10 Å². The maximum absolute atomic E-state index is 6.21. The fraction of sp³-hybridized carbons (Fsp3) is 0.231. The van der Waals surface area contributed by atoms with Crippen molar-refractivity contribution in [1.29, 1.82) is 0 Å². The van der Waals surface area contributed by atoms with Crippen molar-refractivity contribution in [2.75, 3.05) is 25.6 Å². The molecule has 0 unspecified atom stereocenters. The molecule has 3 aromatic carbocycles. The van der Waals surface area contributed by atoms with Crippen LogP contribution in [-0.2, 0) is 6.54 Å². The van der Waals surface area contributed by atoms with Crippen LogP contribution >= 0.6 is 11.6 Å². The van der Waals surface area contributed by atoms with E-state index in [2.05, 4.69) is 39.7 Å². The lowest BCUT2D eigenvalue weighted by atomic mass is 10.1. The summed E-state index contributed by atoms with van der Waals surface area (Å²) in [5.74, 6) is 0.772. The molecule has 0 saturated carbocycles. The van der Waals surface area contributed by atoms with Gasteiger partial charge in [-0.15, -0.1) is 0 Å².